The molecule has 0 heterocycles. The molecule has 1 nitrogen and oxygen atoms in total. The Morgan fingerprint density at radius 1 is 1.25 bits per heavy atom. The Labute approximate surface area is 78.4 Å². The standard InChI is InChI=1S/C10H11NS/c11-8-10-5-3-9(4-6-10)2-1-7-12/h3-6,12H,7-8,11H2. The normalized spacial score (nSPS) is 8.83. The Bertz CT molecular complexity index is 292. The molecule has 0 spiro atoms. The molecule has 0 aliphatic rings. The van der Waals surface area contributed by atoms with Crippen LogP contribution in [0.1, 0.15) is 11.1 Å². The van der Waals surface area contributed by atoms with Crippen molar-refractivity contribution in [2.45, 2.75) is 6.54 Å². The molecule has 0 atom stereocenters. The molecule has 62 valence electrons. The molecule has 0 aliphatic carbocycles. The van der Waals surface area contributed by atoms with Crippen molar-refractivity contribution >= 4 is 12.6 Å². The largest absolute Gasteiger partial charge is 0.326 e. The summed E-state index contributed by atoms with van der Waals surface area (Å²) in [6.45, 7) is 0.584. The maximum atomic E-state index is 5.45. The number of hydrogen-bond donors (Lipinski definition) is 2. The molecule has 0 amide bonds. The minimum Gasteiger partial charge on any atom is -0.326 e. The van der Waals surface area contributed by atoms with E-state index in [9.17, 15) is 0 Å². The fraction of sp³-hybridized carbons (Fsp3) is 0.200. The first-order valence-corrected chi connectivity index (χ1v) is 4.39. The van der Waals surface area contributed by atoms with Crippen LogP contribution in [0, 0.1) is 11.8 Å². The van der Waals surface area contributed by atoms with Crippen LogP contribution in [0.25, 0.3) is 0 Å². The van der Waals surface area contributed by atoms with Gasteiger partial charge in [-0.2, -0.15) is 12.6 Å². The summed E-state index contributed by atoms with van der Waals surface area (Å²) in [5.41, 5.74) is 7.60. The first-order chi connectivity index (χ1) is 5.86. The van der Waals surface area contributed by atoms with Crippen LogP contribution in [0.4, 0.5) is 0 Å². The molecule has 0 bridgehead atoms. The summed E-state index contributed by atoms with van der Waals surface area (Å²) in [5.74, 6) is 6.46. The molecule has 0 radical (unpaired) electrons. The van der Waals surface area contributed by atoms with Crippen molar-refractivity contribution in [1.29, 1.82) is 0 Å². The van der Waals surface area contributed by atoms with Gasteiger partial charge < -0.3 is 5.73 Å². The van der Waals surface area contributed by atoms with E-state index in [0.717, 1.165) is 11.1 Å². The van der Waals surface area contributed by atoms with E-state index in [4.69, 9.17) is 5.73 Å². The van der Waals surface area contributed by atoms with Crippen LogP contribution in [0.15, 0.2) is 24.3 Å². The van der Waals surface area contributed by atoms with Crippen molar-refractivity contribution in [2.24, 2.45) is 5.73 Å². The summed E-state index contributed by atoms with van der Waals surface area (Å²) in [4.78, 5) is 0. The van der Waals surface area contributed by atoms with Gasteiger partial charge in [0.05, 0.1) is 5.75 Å². The lowest BCUT2D eigenvalue weighted by Crippen LogP contribution is -1.95. The van der Waals surface area contributed by atoms with Crippen LogP contribution in [0.3, 0.4) is 0 Å². The minimum absolute atomic E-state index is 0.584. The molecule has 0 unspecified atom stereocenters. The first-order valence-electron chi connectivity index (χ1n) is 3.75. The second-order valence-electron chi connectivity index (χ2n) is 2.36. The SMILES string of the molecule is NCc1ccc(C#CCS)cc1. The van der Waals surface area contributed by atoms with E-state index in [1.807, 2.05) is 24.3 Å². The molecule has 0 aliphatic heterocycles. The van der Waals surface area contributed by atoms with E-state index in [1.165, 1.54) is 0 Å². The third-order valence-corrected chi connectivity index (χ3v) is 1.66. The van der Waals surface area contributed by atoms with Gasteiger partial charge in [0.1, 0.15) is 0 Å². The van der Waals surface area contributed by atoms with E-state index < -0.39 is 0 Å². The van der Waals surface area contributed by atoms with Gasteiger partial charge in [-0.1, -0.05) is 24.0 Å². The molecule has 1 aromatic rings. The predicted molar refractivity (Wildman–Crippen MR) is 55.1 cm³/mol. The van der Waals surface area contributed by atoms with Crippen molar-refractivity contribution < 1.29 is 0 Å². The number of hydrogen-bond acceptors (Lipinski definition) is 2. The quantitative estimate of drug-likeness (QED) is 0.492. The van der Waals surface area contributed by atoms with Crippen molar-refractivity contribution in [3.05, 3.63) is 35.4 Å². The molecular weight excluding hydrogens is 166 g/mol. The Balaban J connectivity index is 2.78. The van der Waals surface area contributed by atoms with E-state index >= 15 is 0 Å². The summed E-state index contributed by atoms with van der Waals surface area (Å²) in [5, 5.41) is 0. The minimum atomic E-state index is 0.584. The van der Waals surface area contributed by atoms with Gasteiger partial charge in [-0.05, 0) is 17.7 Å². The second kappa shape index (κ2) is 4.87. The molecular formula is C10H11NS. The molecule has 0 fully saturated rings. The Hall–Kier alpha value is -0.910. The maximum absolute atomic E-state index is 5.45. The summed E-state index contributed by atoms with van der Waals surface area (Å²) in [6, 6.07) is 7.92. The van der Waals surface area contributed by atoms with Crippen molar-refractivity contribution in [3.63, 3.8) is 0 Å². The molecule has 2 N–H and O–H groups in total. The third-order valence-electron chi connectivity index (χ3n) is 1.50. The second-order valence-corrected chi connectivity index (χ2v) is 2.68. The van der Waals surface area contributed by atoms with Crippen molar-refractivity contribution in [3.8, 4) is 11.8 Å². The number of thiol groups is 1. The Morgan fingerprint density at radius 3 is 2.42 bits per heavy atom. The highest BCUT2D eigenvalue weighted by molar-refractivity contribution is 7.80. The molecule has 0 saturated carbocycles. The lowest BCUT2D eigenvalue weighted by Gasteiger charge is -1.94. The number of rotatable bonds is 1. The van der Waals surface area contributed by atoms with Crippen LogP contribution in [0.5, 0.6) is 0 Å². The van der Waals surface area contributed by atoms with Crippen LogP contribution < -0.4 is 5.73 Å². The summed E-state index contributed by atoms with van der Waals surface area (Å²) in [6.07, 6.45) is 0. The maximum Gasteiger partial charge on any atom is 0.0521 e. The molecule has 1 aromatic carbocycles. The van der Waals surface area contributed by atoms with E-state index in [0.29, 0.717) is 12.3 Å². The molecule has 0 saturated heterocycles. The van der Waals surface area contributed by atoms with Gasteiger partial charge in [-0.25, -0.2) is 0 Å². The number of benzene rings is 1. The highest BCUT2D eigenvalue weighted by Crippen LogP contribution is 2.01. The van der Waals surface area contributed by atoms with Crippen LogP contribution >= 0.6 is 12.6 Å². The van der Waals surface area contributed by atoms with Gasteiger partial charge in [0, 0.05) is 12.1 Å². The van der Waals surface area contributed by atoms with Crippen LogP contribution in [-0.2, 0) is 6.54 Å². The molecule has 2 heteroatoms. The average molecular weight is 177 g/mol. The van der Waals surface area contributed by atoms with E-state index in [1.54, 1.807) is 0 Å². The zero-order valence-corrected chi connectivity index (χ0v) is 7.64. The highest BCUT2D eigenvalue weighted by atomic mass is 32.1. The zero-order valence-electron chi connectivity index (χ0n) is 6.75. The summed E-state index contributed by atoms with van der Waals surface area (Å²) >= 11 is 4.00. The molecule has 1 rings (SSSR count). The van der Waals surface area contributed by atoms with Gasteiger partial charge in [-0.15, -0.1) is 0 Å². The van der Waals surface area contributed by atoms with Crippen LogP contribution in [0.2, 0.25) is 0 Å². The molecule has 12 heavy (non-hydrogen) atoms. The fourth-order valence-corrected chi connectivity index (χ4v) is 0.945. The lowest BCUT2D eigenvalue weighted by molar-refractivity contribution is 1.07. The lowest BCUT2D eigenvalue weighted by atomic mass is 10.1. The van der Waals surface area contributed by atoms with Gasteiger partial charge in [0.25, 0.3) is 0 Å². The predicted octanol–water partition coefficient (Wildman–Crippen LogP) is 1.43. The highest BCUT2D eigenvalue weighted by Gasteiger charge is 1.87. The zero-order chi connectivity index (χ0) is 8.81. The monoisotopic (exact) mass is 177 g/mol. The first kappa shape index (κ1) is 9.18. The van der Waals surface area contributed by atoms with Gasteiger partial charge in [0.2, 0.25) is 0 Å². The Morgan fingerprint density at radius 2 is 1.92 bits per heavy atom. The van der Waals surface area contributed by atoms with Gasteiger partial charge in [0.15, 0.2) is 0 Å². The van der Waals surface area contributed by atoms with E-state index in [-0.39, 0.29) is 0 Å². The summed E-state index contributed by atoms with van der Waals surface area (Å²) < 4.78 is 0. The number of nitrogens with two attached hydrogens (primary N) is 1. The van der Waals surface area contributed by atoms with Crippen molar-refractivity contribution in [1.82, 2.24) is 0 Å². The van der Waals surface area contributed by atoms with E-state index in [2.05, 4.69) is 24.5 Å². The van der Waals surface area contributed by atoms with Crippen molar-refractivity contribution in [2.75, 3.05) is 5.75 Å². The topological polar surface area (TPSA) is 26.0 Å². The van der Waals surface area contributed by atoms with Crippen LogP contribution in [-0.4, -0.2) is 5.75 Å². The third kappa shape index (κ3) is 2.61. The Kier molecular flexibility index (Phi) is 3.72. The van der Waals surface area contributed by atoms with Gasteiger partial charge in [-0.3, -0.25) is 0 Å². The smallest absolute Gasteiger partial charge is 0.0521 e. The van der Waals surface area contributed by atoms with Gasteiger partial charge >= 0.3 is 0 Å². The summed E-state index contributed by atoms with van der Waals surface area (Å²) in [7, 11) is 0. The average Bonchev–Trinajstić information content (AvgIpc) is 2.15. The fourth-order valence-electron chi connectivity index (χ4n) is 0.866. The molecule has 0 aromatic heterocycles.